The smallest absolute Gasteiger partial charge is 0.241 e. The number of sulfone groups is 1. The Hall–Kier alpha value is -2.35. The second-order valence-corrected chi connectivity index (χ2v) is 9.11. The first-order valence-corrected chi connectivity index (χ1v) is 9.78. The number of ether oxygens (including phenoxy) is 1. The molecule has 0 aromatic carbocycles. The average molecular weight is 360 g/mol. The van der Waals surface area contributed by atoms with Crippen LogP contribution >= 0.6 is 0 Å². The number of nitrogen functional groups attached to an aromatic ring is 1. The molecule has 1 unspecified atom stereocenters. The van der Waals surface area contributed by atoms with Gasteiger partial charge in [0.2, 0.25) is 5.88 Å². The van der Waals surface area contributed by atoms with Gasteiger partial charge in [-0.25, -0.2) is 13.4 Å². The number of aromatic nitrogens is 3. The maximum absolute atomic E-state index is 13.0. The Morgan fingerprint density at radius 3 is 2.84 bits per heavy atom. The molecular formula is C17H20N4O3S. The number of nitrogens with two attached hydrogens (primary N) is 1. The van der Waals surface area contributed by atoms with E-state index in [0.29, 0.717) is 24.4 Å². The van der Waals surface area contributed by atoms with E-state index in [1.165, 1.54) is 6.33 Å². The van der Waals surface area contributed by atoms with Crippen LogP contribution in [0.1, 0.15) is 26.2 Å². The third-order valence-corrected chi connectivity index (χ3v) is 6.95. The van der Waals surface area contributed by atoms with Crippen molar-refractivity contribution in [1.82, 2.24) is 15.0 Å². The van der Waals surface area contributed by atoms with Gasteiger partial charge in [-0.15, -0.1) is 0 Å². The number of allylic oxidation sites excluding steroid dienone is 3. The van der Waals surface area contributed by atoms with Crippen LogP contribution in [0.25, 0.3) is 11.0 Å². The predicted octanol–water partition coefficient (Wildman–Crippen LogP) is 2.38. The summed E-state index contributed by atoms with van der Waals surface area (Å²) in [6.07, 6.45) is 11.0. The van der Waals surface area contributed by atoms with Gasteiger partial charge >= 0.3 is 0 Å². The summed E-state index contributed by atoms with van der Waals surface area (Å²) in [5.41, 5.74) is 6.91. The molecule has 2 heterocycles. The maximum atomic E-state index is 13.0. The summed E-state index contributed by atoms with van der Waals surface area (Å²) in [6.45, 7) is 2.68. The highest BCUT2D eigenvalue weighted by Gasteiger charge is 2.38. The minimum atomic E-state index is -3.66. The van der Waals surface area contributed by atoms with Gasteiger partial charge in [0.1, 0.15) is 28.1 Å². The van der Waals surface area contributed by atoms with Gasteiger partial charge in [0, 0.05) is 5.41 Å². The van der Waals surface area contributed by atoms with Crippen molar-refractivity contribution in [1.29, 1.82) is 0 Å². The SMILES string of the molecule is CC1(COc2ncnc3c(S(=O)(=O)C4C=CC=CC4)c(N)[nH]c23)CC1. The molecule has 1 saturated carbocycles. The van der Waals surface area contributed by atoms with Gasteiger partial charge < -0.3 is 15.5 Å². The Kier molecular flexibility index (Phi) is 3.61. The van der Waals surface area contributed by atoms with Gasteiger partial charge in [0.15, 0.2) is 9.84 Å². The van der Waals surface area contributed by atoms with Crippen LogP contribution in [-0.2, 0) is 9.84 Å². The molecule has 3 N–H and O–H groups in total. The predicted molar refractivity (Wildman–Crippen MR) is 95.0 cm³/mol. The molecule has 0 saturated heterocycles. The van der Waals surface area contributed by atoms with Crippen LogP contribution in [0.15, 0.2) is 35.5 Å². The van der Waals surface area contributed by atoms with E-state index in [1.807, 2.05) is 12.2 Å². The van der Waals surface area contributed by atoms with E-state index in [4.69, 9.17) is 10.5 Å². The average Bonchev–Trinajstić information content (AvgIpc) is 3.23. The largest absolute Gasteiger partial charge is 0.476 e. The first kappa shape index (κ1) is 16.1. The van der Waals surface area contributed by atoms with Crippen molar-refractivity contribution in [3.63, 3.8) is 0 Å². The number of anilines is 1. The van der Waals surface area contributed by atoms with Gasteiger partial charge in [0.05, 0.1) is 11.9 Å². The molecule has 132 valence electrons. The van der Waals surface area contributed by atoms with E-state index >= 15 is 0 Å². The zero-order valence-corrected chi connectivity index (χ0v) is 14.7. The minimum absolute atomic E-state index is 0.0253. The van der Waals surface area contributed by atoms with Crippen molar-refractivity contribution >= 4 is 26.7 Å². The van der Waals surface area contributed by atoms with Crippen molar-refractivity contribution in [2.75, 3.05) is 12.3 Å². The number of aromatic amines is 1. The lowest BCUT2D eigenvalue weighted by Gasteiger charge is -2.14. The molecule has 2 aliphatic carbocycles. The molecule has 2 aromatic rings. The standard InChI is InChI=1S/C17H20N4O3S/c1-17(7-8-17)9-24-16-13-12(19-10-20-16)14(15(18)21-13)25(22,23)11-5-3-2-4-6-11/h2-5,10-11,21H,6-9,18H2,1H3. The van der Waals surface area contributed by atoms with Gasteiger partial charge in [-0.2, -0.15) is 4.98 Å². The molecule has 25 heavy (non-hydrogen) atoms. The van der Waals surface area contributed by atoms with E-state index in [9.17, 15) is 8.42 Å². The normalized spacial score (nSPS) is 21.6. The molecule has 2 aliphatic rings. The lowest BCUT2D eigenvalue weighted by atomic mass is 10.2. The van der Waals surface area contributed by atoms with Crippen molar-refractivity contribution in [3.05, 3.63) is 30.6 Å². The molecule has 0 aliphatic heterocycles. The molecule has 0 bridgehead atoms. The van der Waals surface area contributed by atoms with Crippen molar-refractivity contribution in [2.24, 2.45) is 5.41 Å². The summed E-state index contributed by atoms with van der Waals surface area (Å²) < 4.78 is 31.9. The third-order valence-electron chi connectivity index (χ3n) is 4.82. The number of fused-ring (bicyclic) bond motifs is 1. The lowest BCUT2D eigenvalue weighted by Crippen LogP contribution is -2.20. The Labute approximate surface area is 145 Å². The summed E-state index contributed by atoms with van der Waals surface area (Å²) in [5, 5.41) is -0.650. The Bertz CT molecular complexity index is 987. The Morgan fingerprint density at radius 1 is 1.36 bits per heavy atom. The van der Waals surface area contributed by atoms with Gasteiger partial charge in [-0.1, -0.05) is 31.2 Å². The highest BCUT2D eigenvalue weighted by molar-refractivity contribution is 7.92. The molecule has 0 spiro atoms. The van der Waals surface area contributed by atoms with Crippen LogP contribution in [-0.4, -0.2) is 35.2 Å². The highest BCUT2D eigenvalue weighted by atomic mass is 32.2. The summed E-state index contributed by atoms with van der Waals surface area (Å²) in [4.78, 5) is 11.2. The summed E-state index contributed by atoms with van der Waals surface area (Å²) in [6, 6.07) is 0. The fourth-order valence-corrected chi connectivity index (χ4v) is 4.66. The van der Waals surface area contributed by atoms with E-state index in [-0.39, 0.29) is 21.6 Å². The first-order chi connectivity index (χ1) is 11.9. The van der Waals surface area contributed by atoms with Gasteiger partial charge in [-0.05, 0) is 19.3 Å². The molecule has 0 amide bonds. The summed E-state index contributed by atoms with van der Waals surface area (Å²) in [5.74, 6) is 0.409. The van der Waals surface area contributed by atoms with Gasteiger partial charge in [0.25, 0.3) is 0 Å². The fraction of sp³-hybridized carbons (Fsp3) is 0.412. The Morgan fingerprint density at radius 2 is 2.16 bits per heavy atom. The summed E-state index contributed by atoms with van der Waals surface area (Å²) >= 11 is 0. The number of nitrogens with zero attached hydrogens (tertiary/aromatic N) is 2. The van der Waals surface area contributed by atoms with Crippen LogP contribution in [0.5, 0.6) is 5.88 Å². The molecule has 1 fully saturated rings. The van der Waals surface area contributed by atoms with Crippen molar-refractivity contribution in [2.45, 2.75) is 36.3 Å². The monoisotopic (exact) mass is 360 g/mol. The lowest BCUT2D eigenvalue weighted by molar-refractivity contribution is 0.241. The number of H-pyrrole nitrogens is 1. The van der Waals surface area contributed by atoms with E-state index < -0.39 is 15.1 Å². The topological polar surface area (TPSA) is 111 Å². The first-order valence-electron chi connectivity index (χ1n) is 8.23. The number of hydrogen-bond donors (Lipinski definition) is 2. The van der Waals surface area contributed by atoms with E-state index in [0.717, 1.165) is 12.8 Å². The van der Waals surface area contributed by atoms with Gasteiger partial charge in [-0.3, -0.25) is 0 Å². The summed E-state index contributed by atoms with van der Waals surface area (Å²) in [7, 11) is -3.66. The molecule has 7 nitrogen and oxygen atoms in total. The molecule has 4 rings (SSSR count). The van der Waals surface area contributed by atoms with Crippen LogP contribution in [0, 0.1) is 5.41 Å². The number of nitrogens with one attached hydrogen (secondary N) is 1. The quantitative estimate of drug-likeness (QED) is 0.847. The van der Waals surface area contributed by atoms with Crippen molar-refractivity contribution < 1.29 is 13.2 Å². The minimum Gasteiger partial charge on any atom is -0.476 e. The van der Waals surface area contributed by atoms with Crippen LogP contribution < -0.4 is 10.5 Å². The third kappa shape index (κ3) is 2.80. The molecule has 1 atom stereocenters. The Balaban J connectivity index is 1.76. The zero-order chi connectivity index (χ0) is 17.7. The number of rotatable bonds is 5. The van der Waals surface area contributed by atoms with Crippen molar-refractivity contribution in [3.8, 4) is 5.88 Å². The second kappa shape index (κ2) is 5.59. The highest BCUT2D eigenvalue weighted by Crippen LogP contribution is 2.45. The maximum Gasteiger partial charge on any atom is 0.241 e. The van der Waals surface area contributed by atoms with Crippen LogP contribution in [0.4, 0.5) is 5.82 Å². The molecular weight excluding hydrogens is 340 g/mol. The second-order valence-electron chi connectivity index (χ2n) is 7.00. The van der Waals surface area contributed by atoms with E-state index in [1.54, 1.807) is 12.2 Å². The molecule has 0 radical (unpaired) electrons. The number of hydrogen-bond acceptors (Lipinski definition) is 6. The fourth-order valence-electron chi connectivity index (χ4n) is 2.91. The molecule has 8 heteroatoms. The zero-order valence-electron chi connectivity index (χ0n) is 13.9. The van der Waals surface area contributed by atoms with Crippen LogP contribution in [0.3, 0.4) is 0 Å². The van der Waals surface area contributed by atoms with E-state index in [2.05, 4.69) is 21.9 Å². The van der Waals surface area contributed by atoms with Crippen LogP contribution in [0.2, 0.25) is 0 Å². The molecule has 2 aromatic heterocycles.